The summed E-state index contributed by atoms with van der Waals surface area (Å²) in [6, 6.07) is 6.94. The number of nitrogens with one attached hydrogen (secondary N) is 1. The highest BCUT2D eigenvalue weighted by Gasteiger charge is 2.27. The van der Waals surface area contributed by atoms with Crippen molar-refractivity contribution in [1.29, 1.82) is 0 Å². The third-order valence-electron chi connectivity index (χ3n) is 2.86. The third kappa shape index (κ3) is 3.94. The molecule has 0 radical (unpaired) electrons. The molecule has 0 spiro atoms. The summed E-state index contributed by atoms with van der Waals surface area (Å²) in [5.74, 6) is -0.705. The minimum Gasteiger partial charge on any atom is -0.389 e. The number of nitrogens with two attached hydrogens (primary N) is 1. The molecule has 0 aliphatic carbocycles. The first kappa shape index (κ1) is 15.3. The molecule has 0 saturated carbocycles. The second-order valence-electron chi connectivity index (χ2n) is 4.47. The Morgan fingerprint density at radius 2 is 2.05 bits per heavy atom. The van der Waals surface area contributed by atoms with Gasteiger partial charge in [-0.15, -0.1) is 0 Å². The highest BCUT2D eigenvalue weighted by atomic mass is 32.1. The van der Waals surface area contributed by atoms with Crippen molar-refractivity contribution >= 4 is 34.0 Å². The highest BCUT2D eigenvalue weighted by molar-refractivity contribution is 7.80. The van der Waals surface area contributed by atoms with Crippen LogP contribution in [0.15, 0.2) is 30.5 Å². The van der Waals surface area contributed by atoms with Crippen LogP contribution < -0.4 is 11.1 Å². The molecule has 1 aromatic carbocycles. The van der Waals surface area contributed by atoms with Crippen LogP contribution in [-0.4, -0.2) is 28.2 Å². The molecular weight excluding hydrogens is 303 g/mol. The highest BCUT2D eigenvalue weighted by Crippen LogP contribution is 2.18. The molecule has 112 valence electrons. The molecule has 0 bridgehead atoms. The topological polar surface area (TPSA) is 60.0 Å². The van der Waals surface area contributed by atoms with Crippen LogP contribution in [0, 0.1) is 0 Å². The molecule has 2 aromatic rings. The van der Waals surface area contributed by atoms with E-state index in [1.807, 2.05) is 5.32 Å². The molecule has 2 rings (SSSR count). The van der Waals surface area contributed by atoms with Gasteiger partial charge in [-0.3, -0.25) is 4.79 Å². The van der Waals surface area contributed by atoms with Gasteiger partial charge in [0.05, 0.1) is 0 Å². The van der Waals surface area contributed by atoms with E-state index in [0.717, 1.165) is 10.9 Å². The van der Waals surface area contributed by atoms with Gasteiger partial charge in [0, 0.05) is 22.7 Å². The van der Waals surface area contributed by atoms with Crippen LogP contribution in [0.25, 0.3) is 10.9 Å². The van der Waals surface area contributed by atoms with E-state index in [9.17, 15) is 18.0 Å². The maximum absolute atomic E-state index is 12.0. The van der Waals surface area contributed by atoms with E-state index < -0.39 is 18.6 Å². The summed E-state index contributed by atoms with van der Waals surface area (Å²) < 4.78 is 37.6. The fraction of sp³-hybridized carbons (Fsp3) is 0.231. The van der Waals surface area contributed by atoms with E-state index in [4.69, 9.17) is 18.0 Å². The molecule has 0 saturated heterocycles. The number of alkyl halides is 3. The van der Waals surface area contributed by atoms with Crippen molar-refractivity contribution in [3.05, 3.63) is 36.0 Å². The van der Waals surface area contributed by atoms with E-state index in [1.165, 1.54) is 0 Å². The molecule has 1 amide bonds. The smallest absolute Gasteiger partial charge is 0.389 e. The summed E-state index contributed by atoms with van der Waals surface area (Å²) >= 11 is 4.87. The summed E-state index contributed by atoms with van der Waals surface area (Å²) in [6.45, 7) is -1.53. The Hall–Kier alpha value is -2.09. The van der Waals surface area contributed by atoms with E-state index >= 15 is 0 Å². The van der Waals surface area contributed by atoms with Gasteiger partial charge >= 0.3 is 6.18 Å². The number of thiocarbonyl (C=S) groups is 1. The lowest BCUT2D eigenvalue weighted by Gasteiger charge is -2.09. The van der Waals surface area contributed by atoms with E-state index in [-0.39, 0.29) is 11.5 Å². The Morgan fingerprint density at radius 1 is 1.33 bits per heavy atom. The Balaban J connectivity index is 2.12. The monoisotopic (exact) mass is 315 g/mol. The molecule has 1 aromatic heterocycles. The molecular formula is C13H12F3N3OS. The molecule has 0 unspecified atom stereocenters. The lowest BCUT2D eigenvalue weighted by molar-refractivity contribution is -0.138. The van der Waals surface area contributed by atoms with E-state index in [0.29, 0.717) is 5.56 Å². The second kappa shape index (κ2) is 5.72. The van der Waals surface area contributed by atoms with Crippen LogP contribution >= 0.6 is 12.2 Å². The van der Waals surface area contributed by atoms with Crippen LogP contribution in [0.5, 0.6) is 0 Å². The van der Waals surface area contributed by atoms with Crippen molar-refractivity contribution in [2.45, 2.75) is 12.7 Å². The number of carbonyl (C=O) groups is 1. The van der Waals surface area contributed by atoms with E-state index in [2.05, 4.69) is 0 Å². The predicted molar refractivity (Wildman–Crippen MR) is 76.9 cm³/mol. The Morgan fingerprint density at radius 3 is 2.67 bits per heavy atom. The Kier molecular flexibility index (Phi) is 4.17. The first-order valence-electron chi connectivity index (χ1n) is 5.98. The summed E-state index contributed by atoms with van der Waals surface area (Å²) in [5.41, 5.74) is 6.94. The van der Waals surface area contributed by atoms with Gasteiger partial charge in [-0.1, -0.05) is 12.2 Å². The SMILES string of the molecule is NC(=S)c1ccc2c(ccn2CC(=O)NCC(F)(F)F)c1. The van der Waals surface area contributed by atoms with Crippen molar-refractivity contribution in [3.63, 3.8) is 0 Å². The molecule has 0 aliphatic rings. The van der Waals surface area contributed by atoms with Gasteiger partial charge in [-0.25, -0.2) is 0 Å². The number of aromatic nitrogens is 1. The summed E-state index contributed by atoms with van der Waals surface area (Å²) in [4.78, 5) is 11.8. The zero-order valence-corrected chi connectivity index (χ0v) is 11.6. The average Bonchev–Trinajstić information content (AvgIpc) is 2.78. The number of rotatable bonds is 4. The predicted octanol–water partition coefficient (Wildman–Crippen LogP) is 1.95. The van der Waals surface area contributed by atoms with Gasteiger partial charge in [0.1, 0.15) is 18.1 Å². The summed E-state index contributed by atoms with van der Waals surface area (Å²) in [7, 11) is 0. The molecule has 0 fully saturated rings. The van der Waals surface area contributed by atoms with E-state index in [1.54, 1.807) is 35.0 Å². The molecule has 0 aliphatic heterocycles. The van der Waals surface area contributed by atoms with Gasteiger partial charge in [0.2, 0.25) is 5.91 Å². The van der Waals surface area contributed by atoms with Gasteiger partial charge < -0.3 is 15.6 Å². The van der Waals surface area contributed by atoms with Crippen molar-refractivity contribution in [3.8, 4) is 0 Å². The number of hydrogen-bond donors (Lipinski definition) is 2. The molecule has 4 nitrogen and oxygen atoms in total. The number of amides is 1. The Bertz CT molecular complexity index is 694. The lowest BCUT2D eigenvalue weighted by atomic mass is 10.1. The maximum atomic E-state index is 12.0. The zero-order valence-electron chi connectivity index (χ0n) is 10.8. The largest absolute Gasteiger partial charge is 0.405 e. The van der Waals surface area contributed by atoms with Crippen LogP contribution in [0.2, 0.25) is 0 Å². The number of fused-ring (bicyclic) bond motifs is 1. The lowest BCUT2D eigenvalue weighted by Crippen LogP contribution is -2.35. The quantitative estimate of drug-likeness (QED) is 0.848. The molecule has 3 N–H and O–H groups in total. The van der Waals surface area contributed by atoms with Gasteiger partial charge in [-0.05, 0) is 24.3 Å². The van der Waals surface area contributed by atoms with Crippen LogP contribution in [0.3, 0.4) is 0 Å². The molecule has 21 heavy (non-hydrogen) atoms. The number of halogens is 3. The molecule has 8 heteroatoms. The van der Waals surface area contributed by atoms with Crippen molar-refractivity contribution < 1.29 is 18.0 Å². The second-order valence-corrected chi connectivity index (χ2v) is 4.91. The standard InChI is InChI=1S/C13H12F3N3OS/c14-13(15,16)7-18-11(20)6-19-4-3-8-5-9(12(17)21)1-2-10(8)19/h1-5H,6-7H2,(H2,17,21)(H,18,20). The van der Waals surface area contributed by atoms with Crippen molar-refractivity contribution in [2.75, 3.05) is 6.54 Å². The number of carbonyl (C=O) groups excluding carboxylic acids is 1. The number of nitrogens with zero attached hydrogens (tertiary/aromatic N) is 1. The minimum atomic E-state index is -4.42. The van der Waals surface area contributed by atoms with Crippen LogP contribution in [0.4, 0.5) is 13.2 Å². The fourth-order valence-electron chi connectivity index (χ4n) is 1.90. The van der Waals surface area contributed by atoms with Gasteiger partial charge in [0.25, 0.3) is 0 Å². The Labute approximate surface area is 123 Å². The fourth-order valence-corrected chi connectivity index (χ4v) is 2.03. The van der Waals surface area contributed by atoms with Gasteiger partial charge in [-0.2, -0.15) is 13.2 Å². The maximum Gasteiger partial charge on any atom is 0.405 e. The normalized spacial score (nSPS) is 11.6. The minimum absolute atomic E-state index is 0.188. The molecule has 1 heterocycles. The number of hydrogen-bond acceptors (Lipinski definition) is 2. The first-order chi connectivity index (χ1) is 9.76. The average molecular weight is 315 g/mol. The summed E-state index contributed by atoms with van der Waals surface area (Å²) in [6.07, 6.45) is -2.79. The molecule has 0 atom stereocenters. The van der Waals surface area contributed by atoms with Gasteiger partial charge in [0.15, 0.2) is 0 Å². The van der Waals surface area contributed by atoms with Crippen molar-refractivity contribution in [2.24, 2.45) is 5.73 Å². The summed E-state index contributed by atoms with van der Waals surface area (Å²) in [5, 5.41) is 2.64. The third-order valence-corrected chi connectivity index (χ3v) is 3.09. The van der Waals surface area contributed by atoms with Crippen LogP contribution in [-0.2, 0) is 11.3 Å². The van der Waals surface area contributed by atoms with Crippen LogP contribution in [0.1, 0.15) is 5.56 Å². The van der Waals surface area contributed by atoms with Crippen molar-refractivity contribution in [1.82, 2.24) is 9.88 Å². The number of benzene rings is 1. The first-order valence-corrected chi connectivity index (χ1v) is 6.39. The zero-order chi connectivity index (χ0) is 15.6.